The molecule has 34 heavy (non-hydrogen) atoms. The van der Waals surface area contributed by atoms with Crippen LogP contribution in [0.2, 0.25) is 0 Å². The third-order valence-electron chi connectivity index (χ3n) is 5.58. The number of para-hydroxylation sites is 1. The van der Waals surface area contributed by atoms with E-state index in [1.165, 1.54) is 17.8 Å². The van der Waals surface area contributed by atoms with E-state index < -0.39 is 18.5 Å². The maximum absolute atomic E-state index is 12.7. The van der Waals surface area contributed by atoms with Gasteiger partial charge in [0.25, 0.3) is 5.91 Å². The van der Waals surface area contributed by atoms with Gasteiger partial charge in [-0.05, 0) is 56.7 Å². The highest BCUT2D eigenvalue weighted by Gasteiger charge is 2.25. The third kappa shape index (κ3) is 4.40. The lowest BCUT2D eigenvalue weighted by molar-refractivity contribution is -0.119. The van der Waals surface area contributed by atoms with E-state index in [0.29, 0.717) is 17.1 Å². The Morgan fingerprint density at radius 3 is 2.65 bits per heavy atom. The minimum Gasteiger partial charge on any atom is -0.452 e. The second-order valence-corrected chi connectivity index (χ2v) is 9.18. The number of aromatic nitrogens is 1. The van der Waals surface area contributed by atoms with Gasteiger partial charge in [0.15, 0.2) is 6.61 Å². The van der Waals surface area contributed by atoms with Gasteiger partial charge in [-0.1, -0.05) is 18.2 Å². The summed E-state index contributed by atoms with van der Waals surface area (Å²) in [5, 5.41) is 14.9. The van der Waals surface area contributed by atoms with Gasteiger partial charge < -0.3 is 15.4 Å². The van der Waals surface area contributed by atoms with Crippen LogP contribution in [0.3, 0.4) is 0 Å². The molecular weight excluding hydrogens is 452 g/mol. The number of carbonyl (C=O) groups excluding carboxylic acids is 3. The molecule has 4 rings (SSSR count). The molecular formula is C25H22N4O4S. The van der Waals surface area contributed by atoms with Crippen LogP contribution in [-0.4, -0.2) is 34.2 Å². The maximum atomic E-state index is 12.7. The zero-order chi connectivity index (χ0) is 24.4. The number of hydrogen-bond acceptors (Lipinski definition) is 6. The number of amides is 2. The molecule has 2 N–H and O–H groups in total. The number of thioether (sulfide) groups is 1. The SMILES string of the molecule is Cc1c(C#N)c(NC(=O)COC(=O)c2ccc3c(c2)NC(=O)C(C)S3)n(-c2ccccc2)c1C. The van der Waals surface area contributed by atoms with Gasteiger partial charge in [-0.3, -0.25) is 14.2 Å². The van der Waals surface area contributed by atoms with Gasteiger partial charge in [0, 0.05) is 16.3 Å². The van der Waals surface area contributed by atoms with E-state index in [-0.39, 0.29) is 16.7 Å². The molecule has 0 saturated heterocycles. The van der Waals surface area contributed by atoms with Gasteiger partial charge in [0.1, 0.15) is 11.9 Å². The minimum atomic E-state index is -0.692. The van der Waals surface area contributed by atoms with Crippen molar-refractivity contribution < 1.29 is 19.1 Å². The average Bonchev–Trinajstić information content (AvgIpc) is 3.07. The van der Waals surface area contributed by atoms with Crippen molar-refractivity contribution in [1.29, 1.82) is 5.26 Å². The van der Waals surface area contributed by atoms with Gasteiger partial charge in [-0.25, -0.2) is 4.79 Å². The number of rotatable bonds is 5. The van der Waals surface area contributed by atoms with Crippen LogP contribution in [0.4, 0.5) is 11.5 Å². The number of anilines is 2. The van der Waals surface area contributed by atoms with E-state index in [4.69, 9.17) is 4.74 Å². The molecule has 172 valence electrons. The van der Waals surface area contributed by atoms with Gasteiger partial charge in [-0.2, -0.15) is 5.26 Å². The molecule has 2 amide bonds. The smallest absolute Gasteiger partial charge is 0.338 e. The predicted molar refractivity (Wildman–Crippen MR) is 129 cm³/mol. The summed E-state index contributed by atoms with van der Waals surface area (Å²) < 4.78 is 6.98. The molecule has 0 aliphatic carbocycles. The predicted octanol–water partition coefficient (Wildman–Crippen LogP) is 4.19. The monoisotopic (exact) mass is 474 g/mol. The van der Waals surface area contributed by atoms with Crippen LogP contribution in [0.25, 0.3) is 5.69 Å². The van der Waals surface area contributed by atoms with Crippen molar-refractivity contribution in [3.63, 3.8) is 0 Å². The fraction of sp³-hybridized carbons (Fsp3) is 0.200. The van der Waals surface area contributed by atoms with Crippen LogP contribution in [0, 0.1) is 25.2 Å². The van der Waals surface area contributed by atoms with Gasteiger partial charge >= 0.3 is 5.97 Å². The quantitative estimate of drug-likeness (QED) is 0.536. The number of hydrogen-bond donors (Lipinski definition) is 2. The standard InChI is InChI=1S/C25H22N4O4S/c1-14-15(2)29(18-7-5-4-6-8-18)23(19(14)12-26)28-22(30)13-33-25(32)17-9-10-21-20(11-17)27-24(31)16(3)34-21/h4-11,16H,13H2,1-3H3,(H,27,31)(H,28,30). The zero-order valence-corrected chi connectivity index (χ0v) is 19.7. The molecule has 1 unspecified atom stereocenters. The largest absolute Gasteiger partial charge is 0.452 e. The Morgan fingerprint density at radius 2 is 1.94 bits per heavy atom. The van der Waals surface area contributed by atoms with Crippen molar-refractivity contribution >= 4 is 41.1 Å². The highest BCUT2D eigenvalue weighted by Crippen LogP contribution is 2.36. The Morgan fingerprint density at radius 1 is 1.21 bits per heavy atom. The van der Waals surface area contributed by atoms with Gasteiger partial charge in [-0.15, -0.1) is 11.8 Å². The Balaban J connectivity index is 1.49. The molecule has 1 atom stereocenters. The summed E-state index contributed by atoms with van der Waals surface area (Å²) in [5.41, 5.74) is 3.47. The molecule has 1 aromatic heterocycles. The van der Waals surface area contributed by atoms with Crippen LogP contribution in [0.5, 0.6) is 0 Å². The minimum absolute atomic E-state index is 0.136. The van der Waals surface area contributed by atoms with E-state index in [0.717, 1.165) is 21.8 Å². The number of carbonyl (C=O) groups is 3. The highest BCUT2D eigenvalue weighted by atomic mass is 32.2. The number of nitrogens with one attached hydrogen (secondary N) is 2. The Kier molecular flexibility index (Phi) is 6.43. The van der Waals surface area contributed by atoms with Crippen molar-refractivity contribution in [2.75, 3.05) is 17.2 Å². The van der Waals surface area contributed by atoms with E-state index in [9.17, 15) is 19.6 Å². The second-order valence-electron chi connectivity index (χ2n) is 7.80. The molecule has 2 heterocycles. The molecule has 0 radical (unpaired) electrons. The first-order valence-corrected chi connectivity index (χ1v) is 11.4. The van der Waals surface area contributed by atoms with Crippen molar-refractivity contribution in [1.82, 2.24) is 4.57 Å². The Bertz CT molecular complexity index is 1340. The summed E-state index contributed by atoms with van der Waals surface area (Å²) in [5.74, 6) is -1.08. The number of ether oxygens (including phenoxy) is 1. The van der Waals surface area contributed by atoms with Crippen LogP contribution in [-0.2, 0) is 14.3 Å². The van der Waals surface area contributed by atoms with E-state index in [2.05, 4.69) is 16.7 Å². The molecule has 8 nitrogen and oxygen atoms in total. The van der Waals surface area contributed by atoms with Crippen LogP contribution in [0.1, 0.15) is 34.1 Å². The van der Waals surface area contributed by atoms with E-state index in [1.54, 1.807) is 23.6 Å². The lowest BCUT2D eigenvalue weighted by Gasteiger charge is -2.21. The Labute approximate surface area is 200 Å². The number of nitriles is 1. The third-order valence-corrected chi connectivity index (χ3v) is 6.76. The number of nitrogens with zero attached hydrogens (tertiary/aromatic N) is 2. The van der Waals surface area contributed by atoms with Crippen LogP contribution >= 0.6 is 11.8 Å². The topological polar surface area (TPSA) is 113 Å². The summed E-state index contributed by atoms with van der Waals surface area (Å²) >= 11 is 1.41. The highest BCUT2D eigenvalue weighted by molar-refractivity contribution is 8.00. The normalized spacial score (nSPS) is 14.5. The summed E-state index contributed by atoms with van der Waals surface area (Å²) in [7, 11) is 0. The second kappa shape index (κ2) is 9.45. The number of benzene rings is 2. The van der Waals surface area contributed by atoms with Crippen molar-refractivity contribution in [2.45, 2.75) is 30.9 Å². The molecule has 0 saturated carbocycles. The molecule has 1 aliphatic rings. The maximum Gasteiger partial charge on any atom is 0.338 e. The Hall–Kier alpha value is -4.03. The van der Waals surface area contributed by atoms with Crippen LogP contribution < -0.4 is 10.6 Å². The van der Waals surface area contributed by atoms with E-state index >= 15 is 0 Å². The fourth-order valence-electron chi connectivity index (χ4n) is 3.68. The lowest BCUT2D eigenvalue weighted by atomic mass is 10.2. The molecule has 1 aliphatic heterocycles. The summed E-state index contributed by atoms with van der Waals surface area (Å²) in [6.07, 6.45) is 0. The van der Waals surface area contributed by atoms with Crippen molar-refractivity contribution in [3.05, 3.63) is 70.9 Å². The first-order valence-electron chi connectivity index (χ1n) is 10.6. The first-order chi connectivity index (χ1) is 16.3. The van der Waals surface area contributed by atoms with E-state index in [1.807, 2.05) is 44.2 Å². The number of esters is 1. The van der Waals surface area contributed by atoms with Crippen LogP contribution in [0.15, 0.2) is 53.4 Å². The zero-order valence-electron chi connectivity index (χ0n) is 18.8. The molecule has 0 spiro atoms. The first kappa shape index (κ1) is 23.1. The van der Waals surface area contributed by atoms with Gasteiger partial charge in [0.05, 0.1) is 22.1 Å². The summed E-state index contributed by atoms with van der Waals surface area (Å²) in [6.45, 7) is 4.96. The molecule has 0 fully saturated rings. The lowest BCUT2D eigenvalue weighted by Crippen LogP contribution is -2.26. The van der Waals surface area contributed by atoms with Crippen molar-refractivity contribution in [3.8, 4) is 11.8 Å². The fourth-order valence-corrected chi connectivity index (χ4v) is 4.61. The molecule has 0 bridgehead atoms. The molecule has 9 heteroatoms. The van der Waals surface area contributed by atoms with Crippen molar-refractivity contribution in [2.24, 2.45) is 0 Å². The molecule has 3 aromatic rings. The summed E-state index contributed by atoms with van der Waals surface area (Å²) in [4.78, 5) is 38.0. The number of fused-ring (bicyclic) bond motifs is 1. The van der Waals surface area contributed by atoms with Gasteiger partial charge in [0.2, 0.25) is 5.91 Å². The average molecular weight is 475 g/mol. The summed E-state index contributed by atoms with van der Waals surface area (Å²) in [6, 6.07) is 16.4. The molecule has 2 aromatic carbocycles.